The maximum absolute atomic E-state index is 10.7. The molecule has 0 heterocycles. The van der Waals surface area contributed by atoms with Crippen LogP contribution in [0.4, 0.5) is 0 Å². The molecule has 0 radical (unpaired) electrons. The van der Waals surface area contributed by atoms with Gasteiger partial charge in [-0.3, -0.25) is 9.59 Å². The summed E-state index contributed by atoms with van der Waals surface area (Å²) in [5, 5.41) is 12.4. The van der Waals surface area contributed by atoms with Crippen LogP contribution in [-0.4, -0.2) is 31.0 Å². The number of phenolic OH excluding ortho intramolecular Hbond substituents is 1. The molecule has 0 aliphatic heterocycles. The van der Waals surface area contributed by atoms with E-state index in [1.54, 1.807) is 12.2 Å². The lowest BCUT2D eigenvalue weighted by molar-refractivity contribution is -0.118. The van der Waals surface area contributed by atoms with Gasteiger partial charge in [-0.2, -0.15) is 0 Å². The van der Waals surface area contributed by atoms with Crippen molar-refractivity contribution in [2.24, 2.45) is 0 Å². The van der Waals surface area contributed by atoms with E-state index in [0.29, 0.717) is 24.0 Å². The number of nitrogens with one attached hydrogen (secondary N) is 1. The smallest absolute Gasteiger partial charge is 0.217 e. The van der Waals surface area contributed by atoms with Gasteiger partial charge in [0.2, 0.25) is 5.91 Å². The first-order valence-corrected chi connectivity index (χ1v) is 5.35. The van der Waals surface area contributed by atoms with Crippen molar-refractivity contribution in [3.63, 3.8) is 0 Å². The van der Waals surface area contributed by atoms with Crippen molar-refractivity contribution in [1.82, 2.24) is 5.32 Å². The highest BCUT2D eigenvalue weighted by Gasteiger charge is 2.08. The van der Waals surface area contributed by atoms with Gasteiger partial charge in [0.25, 0.3) is 0 Å². The number of methoxy groups -OCH3 is 1. The third-order valence-corrected chi connectivity index (χ3v) is 2.25. The number of benzene rings is 1. The van der Waals surface area contributed by atoms with Gasteiger partial charge in [0.1, 0.15) is 6.29 Å². The van der Waals surface area contributed by atoms with Crippen LogP contribution in [0.2, 0.25) is 0 Å². The van der Waals surface area contributed by atoms with Crippen molar-refractivity contribution >= 4 is 18.3 Å². The fourth-order valence-corrected chi connectivity index (χ4v) is 1.39. The van der Waals surface area contributed by atoms with Crippen molar-refractivity contribution in [3.05, 3.63) is 29.3 Å². The van der Waals surface area contributed by atoms with Gasteiger partial charge < -0.3 is 15.2 Å². The zero-order valence-corrected chi connectivity index (χ0v) is 10.3. The summed E-state index contributed by atoms with van der Waals surface area (Å²) in [7, 11) is 1.41. The van der Waals surface area contributed by atoms with E-state index >= 15 is 0 Å². The molecule has 0 saturated carbocycles. The third-order valence-electron chi connectivity index (χ3n) is 2.25. The van der Waals surface area contributed by atoms with E-state index in [1.165, 1.54) is 26.2 Å². The Balaban J connectivity index is 2.93. The molecule has 0 aromatic heterocycles. The standard InChI is InChI=1S/C13H15NO4/c1-9(16)14-5-3-4-11-6-10(8-15)7-12(18-2)13(11)17/h3-4,6-8,17H,5H2,1-2H3,(H,14,16). The average molecular weight is 249 g/mol. The van der Waals surface area contributed by atoms with Gasteiger partial charge in [-0.1, -0.05) is 12.2 Å². The highest BCUT2D eigenvalue weighted by atomic mass is 16.5. The molecule has 1 amide bonds. The second kappa shape index (κ2) is 6.44. The van der Waals surface area contributed by atoms with Crippen LogP contribution in [0.1, 0.15) is 22.8 Å². The molecule has 0 unspecified atom stereocenters. The summed E-state index contributed by atoms with van der Waals surface area (Å²) in [6, 6.07) is 2.99. The van der Waals surface area contributed by atoms with E-state index in [4.69, 9.17) is 4.74 Å². The van der Waals surface area contributed by atoms with Crippen molar-refractivity contribution in [3.8, 4) is 11.5 Å². The molecule has 96 valence electrons. The Hall–Kier alpha value is -2.30. The highest BCUT2D eigenvalue weighted by Crippen LogP contribution is 2.31. The molecule has 2 N–H and O–H groups in total. The minimum atomic E-state index is -0.136. The Morgan fingerprint density at radius 3 is 2.78 bits per heavy atom. The third kappa shape index (κ3) is 3.62. The molecular formula is C13H15NO4. The molecule has 0 fully saturated rings. The Morgan fingerprint density at radius 2 is 2.22 bits per heavy atom. The lowest BCUT2D eigenvalue weighted by Gasteiger charge is -2.07. The number of hydrogen-bond acceptors (Lipinski definition) is 4. The summed E-state index contributed by atoms with van der Waals surface area (Å²) in [6.45, 7) is 1.77. The van der Waals surface area contributed by atoms with E-state index < -0.39 is 0 Å². The maximum Gasteiger partial charge on any atom is 0.217 e. The zero-order valence-electron chi connectivity index (χ0n) is 10.3. The van der Waals surface area contributed by atoms with Gasteiger partial charge in [0.05, 0.1) is 7.11 Å². The van der Waals surface area contributed by atoms with Crippen LogP contribution in [0.5, 0.6) is 11.5 Å². The van der Waals surface area contributed by atoms with E-state index in [0.717, 1.165) is 0 Å². The number of phenols is 1. The molecule has 0 spiro atoms. The molecule has 0 aliphatic carbocycles. The second-order valence-corrected chi connectivity index (χ2v) is 3.62. The van der Waals surface area contributed by atoms with Crippen LogP contribution in [-0.2, 0) is 4.79 Å². The summed E-state index contributed by atoms with van der Waals surface area (Å²) >= 11 is 0. The predicted octanol–water partition coefficient (Wildman–Crippen LogP) is 1.36. The molecule has 0 aliphatic rings. The molecule has 5 heteroatoms. The number of rotatable bonds is 5. The first-order chi connectivity index (χ1) is 8.58. The first-order valence-electron chi connectivity index (χ1n) is 5.35. The molecule has 1 rings (SSSR count). The summed E-state index contributed by atoms with van der Waals surface area (Å²) in [5.41, 5.74) is 0.866. The van der Waals surface area contributed by atoms with Crippen LogP contribution in [0.15, 0.2) is 18.2 Å². The van der Waals surface area contributed by atoms with E-state index in [9.17, 15) is 14.7 Å². The van der Waals surface area contributed by atoms with E-state index in [-0.39, 0.29) is 17.4 Å². The van der Waals surface area contributed by atoms with Crippen molar-refractivity contribution in [2.75, 3.05) is 13.7 Å². The van der Waals surface area contributed by atoms with Gasteiger partial charge in [-0.15, -0.1) is 0 Å². The molecule has 1 aromatic rings. The van der Waals surface area contributed by atoms with Gasteiger partial charge in [-0.05, 0) is 12.1 Å². The summed E-state index contributed by atoms with van der Waals surface area (Å²) in [5.74, 6) is 0.0593. The maximum atomic E-state index is 10.7. The SMILES string of the molecule is COc1cc(C=O)cc(C=CCNC(C)=O)c1O. The van der Waals surface area contributed by atoms with Crippen LogP contribution in [0.25, 0.3) is 6.08 Å². The van der Waals surface area contributed by atoms with Crippen LogP contribution < -0.4 is 10.1 Å². The normalized spacial score (nSPS) is 10.3. The summed E-state index contributed by atoms with van der Waals surface area (Å²) < 4.78 is 4.96. The van der Waals surface area contributed by atoms with Gasteiger partial charge >= 0.3 is 0 Å². The lowest BCUT2D eigenvalue weighted by Crippen LogP contribution is -2.19. The van der Waals surface area contributed by atoms with Crippen LogP contribution in [0, 0.1) is 0 Å². The molecule has 0 saturated heterocycles. The molecule has 0 bridgehead atoms. The summed E-state index contributed by atoms with van der Waals surface area (Å²) in [4.78, 5) is 21.4. The fraction of sp³-hybridized carbons (Fsp3) is 0.231. The topological polar surface area (TPSA) is 75.6 Å². The minimum Gasteiger partial charge on any atom is -0.504 e. The summed E-state index contributed by atoms with van der Waals surface area (Å²) in [6.07, 6.45) is 3.96. The number of aromatic hydroxyl groups is 1. The number of carbonyl (C=O) groups is 2. The van der Waals surface area contributed by atoms with E-state index in [1.807, 2.05) is 0 Å². The number of amides is 1. The van der Waals surface area contributed by atoms with Crippen LogP contribution in [0.3, 0.4) is 0 Å². The number of hydrogen-bond donors (Lipinski definition) is 2. The van der Waals surface area contributed by atoms with Crippen molar-refractivity contribution in [2.45, 2.75) is 6.92 Å². The zero-order chi connectivity index (χ0) is 13.5. The van der Waals surface area contributed by atoms with Gasteiger partial charge in [-0.25, -0.2) is 0 Å². The quantitative estimate of drug-likeness (QED) is 0.773. The van der Waals surface area contributed by atoms with E-state index in [2.05, 4.69) is 5.32 Å². The highest BCUT2D eigenvalue weighted by molar-refractivity contribution is 5.80. The molecule has 0 atom stereocenters. The Morgan fingerprint density at radius 1 is 1.50 bits per heavy atom. The Bertz CT molecular complexity index is 480. The molecule has 1 aromatic carbocycles. The Kier molecular flexibility index (Phi) is 4.92. The van der Waals surface area contributed by atoms with Crippen molar-refractivity contribution < 1.29 is 19.4 Å². The molecule has 18 heavy (non-hydrogen) atoms. The van der Waals surface area contributed by atoms with Gasteiger partial charge in [0.15, 0.2) is 11.5 Å². The average Bonchev–Trinajstić information content (AvgIpc) is 2.36. The number of ether oxygens (including phenoxy) is 1. The molecular weight excluding hydrogens is 234 g/mol. The number of carbonyl (C=O) groups excluding carboxylic acids is 2. The van der Waals surface area contributed by atoms with Gasteiger partial charge in [0, 0.05) is 24.6 Å². The monoisotopic (exact) mass is 249 g/mol. The Labute approximate surface area is 105 Å². The lowest BCUT2D eigenvalue weighted by atomic mass is 10.1. The van der Waals surface area contributed by atoms with Crippen LogP contribution >= 0.6 is 0 Å². The largest absolute Gasteiger partial charge is 0.504 e. The number of aldehydes is 1. The predicted molar refractivity (Wildman–Crippen MR) is 67.8 cm³/mol. The first kappa shape index (κ1) is 13.8. The minimum absolute atomic E-state index is 0.0397. The molecule has 5 nitrogen and oxygen atoms in total. The fourth-order valence-electron chi connectivity index (χ4n) is 1.39. The second-order valence-electron chi connectivity index (χ2n) is 3.62. The van der Waals surface area contributed by atoms with Crippen molar-refractivity contribution in [1.29, 1.82) is 0 Å².